The third kappa shape index (κ3) is 2.09. The number of hydrogen-bond acceptors (Lipinski definition) is 0. The highest BCUT2D eigenvalue weighted by molar-refractivity contribution is 5.67. The molecular formula is C12H11N. The molecule has 64 valence electrons. The molecular weight excluding hydrogens is 158 g/mol. The van der Waals surface area contributed by atoms with Crippen LogP contribution < -0.4 is 0 Å². The molecule has 0 unspecified atom stereocenters. The first-order valence-corrected chi connectivity index (χ1v) is 4.32. The first-order valence-electron chi connectivity index (χ1n) is 4.32. The molecule has 2 rings (SSSR count). The van der Waals surface area contributed by atoms with E-state index in [0.29, 0.717) is 0 Å². The zero-order valence-corrected chi connectivity index (χ0v) is 7.27. The van der Waals surface area contributed by atoms with Gasteiger partial charge in [-0.25, -0.2) is 0 Å². The van der Waals surface area contributed by atoms with E-state index in [0.717, 1.165) is 5.69 Å². The van der Waals surface area contributed by atoms with Gasteiger partial charge >= 0.3 is 0 Å². The fraction of sp³-hybridized carbons (Fsp3) is 0. The lowest BCUT2D eigenvalue weighted by Gasteiger charge is -1.89. The highest BCUT2D eigenvalue weighted by Crippen LogP contribution is 2.05. The Hall–Kier alpha value is -1.76. The number of nitrogens with one attached hydrogen (secondary N) is 1. The Kier molecular flexibility index (Phi) is 2.28. The molecule has 2 aromatic rings. The van der Waals surface area contributed by atoms with Gasteiger partial charge in [0.2, 0.25) is 0 Å². The van der Waals surface area contributed by atoms with Crippen molar-refractivity contribution in [3.63, 3.8) is 0 Å². The summed E-state index contributed by atoms with van der Waals surface area (Å²) in [4.78, 5) is 3.12. The molecule has 0 aliphatic heterocycles. The summed E-state index contributed by atoms with van der Waals surface area (Å²) >= 11 is 0. The summed E-state index contributed by atoms with van der Waals surface area (Å²) in [6.07, 6.45) is 6.08. The van der Waals surface area contributed by atoms with Gasteiger partial charge in [0.1, 0.15) is 0 Å². The van der Waals surface area contributed by atoms with Crippen molar-refractivity contribution in [2.45, 2.75) is 0 Å². The first kappa shape index (κ1) is 7.87. The Morgan fingerprint density at radius 1 is 0.846 bits per heavy atom. The summed E-state index contributed by atoms with van der Waals surface area (Å²) in [7, 11) is 0. The van der Waals surface area contributed by atoms with Gasteiger partial charge in [0.25, 0.3) is 0 Å². The largest absolute Gasteiger partial charge is 0.362 e. The summed E-state index contributed by atoms with van der Waals surface area (Å²) in [5.41, 5.74) is 2.35. The zero-order chi connectivity index (χ0) is 8.93. The normalized spacial score (nSPS) is 10.8. The van der Waals surface area contributed by atoms with E-state index >= 15 is 0 Å². The third-order valence-electron chi connectivity index (χ3n) is 1.88. The fourth-order valence-electron chi connectivity index (χ4n) is 1.20. The molecule has 1 heteroatoms. The minimum Gasteiger partial charge on any atom is -0.362 e. The first-order chi connectivity index (χ1) is 6.45. The molecule has 0 saturated carbocycles. The van der Waals surface area contributed by atoms with Crippen LogP contribution in [0.4, 0.5) is 0 Å². The Bertz CT molecular complexity index is 371. The summed E-state index contributed by atoms with van der Waals surface area (Å²) < 4.78 is 0. The van der Waals surface area contributed by atoms with E-state index in [-0.39, 0.29) is 0 Å². The number of benzene rings is 1. The Morgan fingerprint density at radius 2 is 1.69 bits per heavy atom. The van der Waals surface area contributed by atoms with E-state index in [1.165, 1.54) is 5.56 Å². The van der Waals surface area contributed by atoms with Crippen molar-refractivity contribution < 1.29 is 0 Å². The van der Waals surface area contributed by atoms with Crippen molar-refractivity contribution in [2.75, 3.05) is 0 Å². The minimum atomic E-state index is 1.13. The molecule has 1 aromatic heterocycles. The maximum absolute atomic E-state index is 3.12. The molecule has 0 fully saturated rings. The smallest absolute Gasteiger partial charge is 0.0380 e. The van der Waals surface area contributed by atoms with Crippen LogP contribution in [0, 0.1) is 0 Å². The monoisotopic (exact) mass is 169 g/mol. The second-order valence-corrected chi connectivity index (χ2v) is 2.87. The van der Waals surface area contributed by atoms with Crippen LogP contribution in [-0.2, 0) is 0 Å². The number of rotatable bonds is 2. The number of aromatic amines is 1. The van der Waals surface area contributed by atoms with E-state index in [1.54, 1.807) is 0 Å². The fourth-order valence-corrected chi connectivity index (χ4v) is 1.20. The van der Waals surface area contributed by atoms with E-state index in [4.69, 9.17) is 0 Å². The lowest BCUT2D eigenvalue weighted by atomic mass is 10.2. The molecule has 0 bridgehead atoms. The van der Waals surface area contributed by atoms with Crippen LogP contribution in [0.15, 0.2) is 48.7 Å². The molecule has 0 aliphatic rings. The van der Waals surface area contributed by atoms with E-state index < -0.39 is 0 Å². The maximum atomic E-state index is 3.12. The molecule has 1 aromatic carbocycles. The predicted octanol–water partition coefficient (Wildman–Crippen LogP) is 3.19. The second-order valence-electron chi connectivity index (χ2n) is 2.87. The molecule has 0 radical (unpaired) electrons. The summed E-state index contributed by atoms with van der Waals surface area (Å²) in [5.74, 6) is 0. The van der Waals surface area contributed by atoms with Crippen LogP contribution in [-0.4, -0.2) is 4.98 Å². The van der Waals surface area contributed by atoms with Gasteiger partial charge < -0.3 is 4.98 Å². The van der Waals surface area contributed by atoms with Gasteiger partial charge in [-0.3, -0.25) is 0 Å². The van der Waals surface area contributed by atoms with Gasteiger partial charge in [0, 0.05) is 11.9 Å². The van der Waals surface area contributed by atoms with E-state index in [9.17, 15) is 0 Å². The molecule has 0 aliphatic carbocycles. The van der Waals surface area contributed by atoms with Gasteiger partial charge in [-0.15, -0.1) is 0 Å². The van der Waals surface area contributed by atoms with E-state index in [2.05, 4.69) is 29.3 Å². The second kappa shape index (κ2) is 3.76. The summed E-state index contributed by atoms with van der Waals surface area (Å²) in [5, 5.41) is 0. The van der Waals surface area contributed by atoms with Gasteiger partial charge in [0.15, 0.2) is 0 Å². The van der Waals surface area contributed by atoms with E-state index in [1.807, 2.05) is 36.5 Å². The maximum Gasteiger partial charge on any atom is 0.0380 e. The van der Waals surface area contributed by atoms with Crippen LogP contribution in [0.25, 0.3) is 12.2 Å². The van der Waals surface area contributed by atoms with Crippen molar-refractivity contribution in [3.8, 4) is 0 Å². The molecule has 0 saturated heterocycles. The van der Waals surface area contributed by atoms with Gasteiger partial charge in [-0.2, -0.15) is 0 Å². The predicted molar refractivity (Wildman–Crippen MR) is 56.2 cm³/mol. The third-order valence-corrected chi connectivity index (χ3v) is 1.88. The Labute approximate surface area is 77.7 Å². The SMILES string of the molecule is C(=C\c1ccc[nH]1)/c1ccccc1. The van der Waals surface area contributed by atoms with Gasteiger partial charge in [-0.1, -0.05) is 36.4 Å². The number of hydrogen-bond donors (Lipinski definition) is 1. The molecule has 1 nitrogen and oxygen atoms in total. The van der Waals surface area contributed by atoms with Crippen molar-refractivity contribution in [1.29, 1.82) is 0 Å². The van der Waals surface area contributed by atoms with Crippen LogP contribution in [0.2, 0.25) is 0 Å². The average Bonchev–Trinajstić information content (AvgIpc) is 2.69. The zero-order valence-electron chi connectivity index (χ0n) is 7.27. The minimum absolute atomic E-state index is 1.13. The van der Waals surface area contributed by atoms with Crippen LogP contribution in [0.3, 0.4) is 0 Å². The summed E-state index contributed by atoms with van der Waals surface area (Å²) in [6, 6.07) is 14.3. The van der Waals surface area contributed by atoms with Gasteiger partial charge in [0.05, 0.1) is 0 Å². The molecule has 0 atom stereocenters. The van der Waals surface area contributed by atoms with Gasteiger partial charge in [-0.05, 0) is 23.8 Å². The highest BCUT2D eigenvalue weighted by atomic mass is 14.7. The van der Waals surface area contributed by atoms with Crippen molar-refractivity contribution in [2.24, 2.45) is 0 Å². The molecule has 1 N–H and O–H groups in total. The lowest BCUT2D eigenvalue weighted by molar-refractivity contribution is 1.38. The molecule has 0 spiro atoms. The molecule has 1 heterocycles. The van der Waals surface area contributed by atoms with Crippen LogP contribution >= 0.6 is 0 Å². The number of H-pyrrole nitrogens is 1. The Balaban J connectivity index is 2.15. The molecule has 13 heavy (non-hydrogen) atoms. The lowest BCUT2D eigenvalue weighted by Crippen LogP contribution is -1.70. The van der Waals surface area contributed by atoms with Crippen molar-refractivity contribution in [1.82, 2.24) is 4.98 Å². The quantitative estimate of drug-likeness (QED) is 0.710. The highest BCUT2D eigenvalue weighted by Gasteiger charge is 1.85. The van der Waals surface area contributed by atoms with Crippen molar-refractivity contribution >= 4 is 12.2 Å². The summed E-state index contributed by atoms with van der Waals surface area (Å²) in [6.45, 7) is 0. The van der Waals surface area contributed by atoms with Crippen LogP contribution in [0.5, 0.6) is 0 Å². The average molecular weight is 169 g/mol. The Morgan fingerprint density at radius 3 is 2.38 bits per heavy atom. The van der Waals surface area contributed by atoms with Crippen LogP contribution in [0.1, 0.15) is 11.3 Å². The van der Waals surface area contributed by atoms with Crippen molar-refractivity contribution in [3.05, 3.63) is 59.9 Å². The molecule has 0 amide bonds. The standard InChI is InChI=1S/C12H11N/c1-2-5-11(6-3-1)8-9-12-7-4-10-13-12/h1-10,13H/b9-8+. The number of aromatic nitrogens is 1. The topological polar surface area (TPSA) is 15.8 Å².